The van der Waals surface area contributed by atoms with Gasteiger partial charge in [-0.05, 0) is 33.1 Å². The average Bonchev–Trinajstić information content (AvgIpc) is 2.34. The molecule has 0 rings (SSSR count). The Morgan fingerprint density at radius 3 is 2.23 bits per heavy atom. The van der Waals surface area contributed by atoms with Crippen molar-refractivity contribution >= 4 is 18.2 Å². The van der Waals surface area contributed by atoms with Crippen LogP contribution in [0, 0.1) is 5.92 Å². The molecule has 0 aliphatic carbocycles. The van der Waals surface area contributed by atoms with Crippen molar-refractivity contribution in [1.82, 2.24) is 4.90 Å². The van der Waals surface area contributed by atoms with Crippen molar-refractivity contribution in [3.05, 3.63) is 0 Å². The van der Waals surface area contributed by atoms with Gasteiger partial charge in [-0.2, -0.15) is 0 Å². The standard InChI is InChI=1S/C15H27NO6/c1-11(2)10-20-14(19)21-12(17)8-7-9-16(6)13(18)22-15(3,4)5/h11H,7-10H2,1-6H3. The van der Waals surface area contributed by atoms with Gasteiger partial charge < -0.3 is 19.1 Å². The highest BCUT2D eigenvalue weighted by molar-refractivity contribution is 5.81. The SMILES string of the molecule is CC(C)COC(=O)OC(=O)CCCN(C)C(=O)OC(C)(C)C. The molecule has 0 spiro atoms. The lowest BCUT2D eigenvalue weighted by Crippen LogP contribution is -2.34. The van der Waals surface area contributed by atoms with Crippen molar-refractivity contribution in [3.8, 4) is 0 Å². The Morgan fingerprint density at radius 2 is 1.73 bits per heavy atom. The smallest absolute Gasteiger partial charge is 0.444 e. The molecule has 0 aromatic heterocycles. The monoisotopic (exact) mass is 317 g/mol. The number of ether oxygens (including phenoxy) is 3. The first-order valence-corrected chi connectivity index (χ1v) is 7.33. The third-order valence-corrected chi connectivity index (χ3v) is 2.31. The maximum absolute atomic E-state index is 11.7. The van der Waals surface area contributed by atoms with Crippen LogP contribution < -0.4 is 0 Å². The van der Waals surface area contributed by atoms with E-state index in [0.29, 0.717) is 13.0 Å². The van der Waals surface area contributed by atoms with Gasteiger partial charge in [-0.3, -0.25) is 4.79 Å². The van der Waals surface area contributed by atoms with Gasteiger partial charge in [-0.15, -0.1) is 0 Å². The summed E-state index contributed by atoms with van der Waals surface area (Å²) in [5.74, 6) is -0.503. The molecular weight excluding hydrogens is 290 g/mol. The summed E-state index contributed by atoms with van der Waals surface area (Å²) in [5, 5.41) is 0. The van der Waals surface area contributed by atoms with Gasteiger partial charge in [-0.1, -0.05) is 13.8 Å². The lowest BCUT2D eigenvalue weighted by Gasteiger charge is -2.24. The van der Waals surface area contributed by atoms with E-state index in [2.05, 4.69) is 4.74 Å². The van der Waals surface area contributed by atoms with Crippen LogP contribution in [0.3, 0.4) is 0 Å². The predicted molar refractivity (Wildman–Crippen MR) is 80.4 cm³/mol. The Morgan fingerprint density at radius 1 is 1.14 bits per heavy atom. The van der Waals surface area contributed by atoms with Gasteiger partial charge in [0.2, 0.25) is 0 Å². The second kappa shape index (κ2) is 9.27. The Bertz CT molecular complexity index is 386. The fourth-order valence-electron chi connectivity index (χ4n) is 1.30. The minimum atomic E-state index is -0.987. The maximum atomic E-state index is 11.7. The predicted octanol–water partition coefficient (Wildman–Crippen LogP) is 2.97. The molecule has 1 amide bonds. The van der Waals surface area contributed by atoms with E-state index >= 15 is 0 Å². The highest BCUT2D eigenvalue weighted by Gasteiger charge is 2.20. The first-order chi connectivity index (χ1) is 10.0. The molecule has 0 aromatic rings. The van der Waals surface area contributed by atoms with Crippen LogP contribution in [0.15, 0.2) is 0 Å². The number of amides is 1. The molecule has 7 nitrogen and oxygen atoms in total. The van der Waals surface area contributed by atoms with Crippen LogP contribution in [-0.2, 0) is 19.0 Å². The fraction of sp³-hybridized carbons (Fsp3) is 0.800. The number of carbonyl (C=O) groups excluding carboxylic acids is 3. The molecule has 0 unspecified atom stereocenters. The second-order valence-corrected chi connectivity index (χ2v) is 6.43. The summed E-state index contributed by atoms with van der Waals surface area (Å²) in [5.41, 5.74) is -0.565. The van der Waals surface area contributed by atoms with E-state index < -0.39 is 23.8 Å². The minimum Gasteiger partial charge on any atom is -0.444 e. The molecule has 0 aliphatic heterocycles. The van der Waals surface area contributed by atoms with Gasteiger partial charge in [0.1, 0.15) is 5.60 Å². The van der Waals surface area contributed by atoms with E-state index in [4.69, 9.17) is 9.47 Å². The maximum Gasteiger partial charge on any atom is 0.516 e. The second-order valence-electron chi connectivity index (χ2n) is 6.43. The van der Waals surface area contributed by atoms with E-state index in [0.717, 1.165) is 0 Å². The van der Waals surface area contributed by atoms with Crippen LogP contribution in [0.25, 0.3) is 0 Å². The summed E-state index contributed by atoms with van der Waals surface area (Å²) >= 11 is 0. The summed E-state index contributed by atoms with van der Waals surface area (Å²) in [6.45, 7) is 9.61. The van der Waals surface area contributed by atoms with E-state index in [1.165, 1.54) is 4.90 Å². The van der Waals surface area contributed by atoms with Crippen molar-refractivity contribution in [2.75, 3.05) is 20.2 Å². The van der Waals surface area contributed by atoms with Gasteiger partial charge >= 0.3 is 18.2 Å². The van der Waals surface area contributed by atoms with Crippen LogP contribution in [0.5, 0.6) is 0 Å². The van der Waals surface area contributed by atoms with Crippen molar-refractivity contribution in [1.29, 1.82) is 0 Å². The van der Waals surface area contributed by atoms with Gasteiger partial charge in [0, 0.05) is 20.0 Å². The van der Waals surface area contributed by atoms with Crippen molar-refractivity contribution in [3.63, 3.8) is 0 Å². The van der Waals surface area contributed by atoms with Gasteiger partial charge in [0.05, 0.1) is 6.61 Å². The molecule has 128 valence electrons. The molecule has 0 heterocycles. The van der Waals surface area contributed by atoms with Gasteiger partial charge in [-0.25, -0.2) is 9.59 Å². The number of rotatable bonds is 6. The molecule has 0 N–H and O–H groups in total. The molecule has 0 saturated heterocycles. The molecule has 0 radical (unpaired) electrons. The Hall–Kier alpha value is -1.79. The Balaban J connectivity index is 3.92. The topological polar surface area (TPSA) is 82.1 Å². The number of esters is 1. The van der Waals surface area contributed by atoms with Crippen LogP contribution in [0.2, 0.25) is 0 Å². The molecular formula is C15H27NO6. The van der Waals surface area contributed by atoms with Crippen LogP contribution in [-0.4, -0.2) is 48.9 Å². The number of carbonyl (C=O) groups is 3. The molecule has 7 heteroatoms. The molecule has 0 atom stereocenters. The summed E-state index contributed by atoms with van der Waals surface area (Å²) in [7, 11) is 1.58. The summed E-state index contributed by atoms with van der Waals surface area (Å²) < 4.78 is 14.4. The highest BCUT2D eigenvalue weighted by Crippen LogP contribution is 2.09. The van der Waals surface area contributed by atoms with E-state index in [9.17, 15) is 14.4 Å². The van der Waals surface area contributed by atoms with Crippen LogP contribution in [0.4, 0.5) is 9.59 Å². The van der Waals surface area contributed by atoms with Crippen molar-refractivity contribution < 1.29 is 28.6 Å². The minimum absolute atomic E-state index is 0.0178. The molecule has 0 fully saturated rings. The molecule has 0 aliphatic rings. The zero-order chi connectivity index (χ0) is 17.3. The van der Waals surface area contributed by atoms with E-state index in [1.807, 2.05) is 13.8 Å². The zero-order valence-electron chi connectivity index (χ0n) is 14.3. The Labute approximate surface area is 131 Å². The number of hydrogen-bond donors (Lipinski definition) is 0. The first kappa shape index (κ1) is 20.2. The number of nitrogens with zero attached hydrogens (tertiary/aromatic N) is 1. The number of hydrogen-bond acceptors (Lipinski definition) is 6. The van der Waals surface area contributed by atoms with E-state index in [-0.39, 0.29) is 18.9 Å². The molecule has 0 saturated carbocycles. The largest absolute Gasteiger partial charge is 0.516 e. The van der Waals surface area contributed by atoms with Gasteiger partial charge in [0.15, 0.2) is 0 Å². The average molecular weight is 317 g/mol. The third-order valence-electron chi connectivity index (χ3n) is 2.31. The normalized spacial score (nSPS) is 11.0. The van der Waals surface area contributed by atoms with Crippen LogP contribution >= 0.6 is 0 Å². The summed E-state index contributed by atoms with van der Waals surface area (Å²) in [6, 6.07) is 0. The lowest BCUT2D eigenvalue weighted by atomic mass is 10.2. The summed E-state index contributed by atoms with van der Waals surface area (Å²) in [6.07, 6.45) is -1.06. The fourth-order valence-corrected chi connectivity index (χ4v) is 1.30. The van der Waals surface area contributed by atoms with Crippen molar-refractivity contribution in [2.45, 2.75) is 53.1 Å². The molecule has 0 bridgehead atoms. The van der Waals surface area contributed by atoms with Crippen LogP contribution in [0.1, 0.15) is 47.5 Å². The lowest BCUT2D eigenvalue weighted by molar-refractivity contribution is -0.140. The molecule has 22 heavy (non-hydrogen) atoms. The van der Waals surface area contributed by atoms with Gasteiger partial charge in [0.25, 0.3) is 0 Å². The highest BCUT2D eigenvalue weighted by atomic mass is 16.7. The quantitative estimate of drug-likeness (QED) is 0.553. The molecule has 0 aromatic carbocycles. The zero-order valence-corrected chi connectivity index (χ0v) is 14.3. The third kappa shape index (κ3) is 10.9. The Kier molecular flexibility index (Phi) is 8.52. The van der Waals surface area contributed by atoms with Crippen molar-refractivity contribution in [2.24, 2.45) is 5.92 Å². The first-order valence-electron chi connectivity index (χ1n) is 7.33. The summed E-state index contributed by atoms with van der Waals surface area (Å²) in [4.78, 5) is 35.6. The van der Waals surface area contributed by atoms with E-state index in [1.54, 1.807) is 27.8 Å².